The molecular formula is C12H17N3O. The van der Waals surface area contributed by atoms with Crippen LogP contribution in [0.2, 0.25) is 0 Å². The highest BCUT2D eigenvalue weighted by Crippen LogP contribution is 2.16. The summed E-state index contributed by atoms with van der Waals surface area (Å²) in [6.07, 6.45) is 2.33. The second-order valence-electron chi connectivity index (χ2n) is 3.35. The van der Waals surface area contributed by atoms with E-state index in [1.165, 1.54) is 0 Å². The molecule has 2 N–H and O–H groups in total. The number of methoxy groups -OCH3 is 1. The third-order valence-electron chi connectivity index (χ3n) is 2.04. The predicted molar refractivity (Wildman–Crippen MR) is 67.4 cm³/mol. The number of hydrogen-bond acceptors (Lipinski definition) is 4. The lowest BCUT2D eigenvalue weighted by molar-refractivity contribution is 0.415. The van der Waals surface area contributed by atoms with Crippen molar-refractivity contribution in [3.05, 3.63) is 24.3 Å². The molecule has 0 heterocycles. The predicted octanol–water partition coefficient (Wildman–Crippen LogP) is 2.03. The molecule has 0 radical (unpaired) electrons. The van der Waals surface area contributed by atoms with E-state index in [-0.39, 0.29) is 0 Å². The minimum atomic E-state index is 0.576. The molecular weight excluding hydrogens is 202 g/mol. The van der Waals surface area contributed by atoms with Gasteiger partial charge in [0.1, 0.15) is 5.75 Å². The first kappa shape index (κ1) is 12.4. The van der Waals surface area contributed by atoms with Crippen molar-refractivity contribution in [2.24, 2.45) is 4.99 Å². The van der Waals surface area contributed by atoms with Crippen LogP contribution in [0.5, 0.6) is 5.75 Å². The third-order valence-corrected chi connectivity index (χ3v) is 2.04. The molecule has 0 bridgehead atoms. The van der Waals surface area contributed by atoms with Gasteiger partial charge in [0.15, 0.2) is 0 Å². The van der Waals surface area contributed by atoms with E-state index in [0.717, 1.165) is 11.4 Å². The summed E-state index contributed by atoms with van der Waals surface area (Å²) in [6.45, 7) is 0.606. The lowest BCUT2D eigenvalue weighted by Crippen LogP contribution is -2.17. The first-order chi connectivity index (χ1) is 7.76. The zero-order valence-corrected chi connectivity index (χ0v) is 9.66. The second-order valence-corrected chi connectivity index (χ2v) is 3.35. The molecule has 0 aliphatic rings. The van der Waals surface area contributed by atoms with Crippen LogP contribution in [0.4, 0.5) is 5.69 Å². The molecule has 0 saturated carbocycles. The average Bonchev–Trinajstić information content (AvgIpc) is 2.30. The van der Waals surface area contributed by atoms with Crippen molar-refractivity contribution in [2.75, 3.05) is 20.7 Å². The number of aliphatic imine (C=N–C) groups is 1. The van der Waals surface area contributed by atoms with Crippen LogP contribution < -0.4 is 10.1 Å². The number of ether oxygens (including phenoxy) is 1. The van der Waals surface area contributed by atoms with Gasteiger partial charge in [0.2, 0.25) is 0 Å². The van der Waals surface area contributed by atoms with Gasteiger partial charge in [-0.3, -0.25) is 4.99 Å². The van der Waals surface area contributed by atoms with Crippen LogP contribution in [0.3, 0.4) is 0 Å². The molecule has 0 fully saturated rings. The van der Waals surface area contributed by atoms with Gasteiger partial charge < -0.3 is 15.5 Å². The molecule has 16 heavy (non-hydrogen) atoms. The minimum absolute atomic E-state index is 0.576. The summed E-state index contributed by atoms with van der Waals surface area (Å²) in [4.78, 5) is 4.25. The zero-order valence-electron chi connectivity index (χ0n) is 9.66. The lowest BCUT2D eigenvalue weighted by atomic mass is 10.3. The van der Waals surface area contributed by atoms with Gasteiger partial charge in [0.05, 0.1) is 12.8 Å². The number of hydrogen-bond donors (Lipinski definition) is 2. The number of rotatable bonds is 6. The van der Waals surface area contributed by atoms with E-state index in [2.05, 4.69) is 10.3 Å². The maximum Gasteiger partial charge on any atom is 0.119 e. The summed E-state index contributed by atoms with van der Waals surface area (Å²) in [5.41, 5.74) is 1.50. The standard InChI is InChI=1S/C12H17N3O/c1-14-9-10(13)7-8-15-11-3-5-12(16-2)6-4-11/h3-6,8,13-14H,7,9H2,1-2H3. The maximum atomic E-state index is 7.54. The van der Waals surface area contributed by atoms with Crippen LogP contribution in [0.1, 0.15) is 6.42 Å². The molecule has 0 unspecified atom stereocenters. The fourth-order valence-corrected chi connectivity index (χ4v) is 1.22. The van der Waals surface area contributed by atoms with Crippen molar-refractivity contribution in [1.82, 2.24) is 5.32 Å². The van der Waals surface area contributed by atoms with Gasteiger partial charge in [-0.25, -0.2) is 0 Å². The molecule has 4 heteroatoms. The first-order valence-electron chi connectivity index (χ1n) is 5.13. The highest BCUT2D eigenvalue weighted by atomic mass is 16.5. The smallest absolute Gasteiger partial charge is 0.119 e. The van der Waals surface area contributed by atoms with Gasteiger partial charge in [-0.05, 0) is 31.3 Å². The molecule has 0 atom stereocenters. The largest absolute Gasteiger partial charge is 0.497 e. The van der Waals surface area contributed by atoms with Gasteiger partial charge in [-0.15, -0.1) is 0 Å². The normalized spacial score (nSPS) is 10.6. The van der Waals surface area contributed by atoms with E-state index >= 15 is 0 Å². The molecule has 1 aromatic carbocycles. The summed E-state index contributed by atoms with van der Waals surface area (Å²) in [7, 11) is 3.46. The monoisotopic (exact) mass is 219 g/mol. The molecule has 0 aliphatic heterocycles. The van der Waals surface area contributed by atoms with Crippen molar-refractivity contribution in [3.63, 3.8) is 0 Å². The highest BCUT2D eigenvalue weighted by Gasteiger charge is 1.93. The average molecular weight is 219 g/mol. The van der Waals surface area contributed by atoms with Crippen LogP contribution in [-0.4, -0.2) is 32.6 Å². The molecule has 4 nitrogen and oxygen atoms in total. The fraction of sp³-hybridized carbons (Fsp3) is 0.333. The number of benzene rings is 1. The summed E-state index contributed by atoms with van der Waals surface area (Å²) < 4.78 is 5.05. The zero-order chi connectivity index (χ0) is 11.8. The molecule has 1 rings (SSSR count). The first-order valence-corrected chi connectivity index (χ1v) is 5.13. The van der Waals surface area contributed by atoms with Crippen LogP contribution in [0.15, 0.2) is 29.3 Å². The van der Waals surface area contributed by atoms with Crippen molar-refractivity contribution < 1.29 is 4.74 Å². The Kier molecular flexibility index (Phi) is 5.22. The van der Waals surface area contributed by atoms with Gasteiger partial charge >= 0.3 is 0 Å². The van der Waals surface area contributed by atoms with Crippen molar-refractivity contribution in [2.45, 2.75) is 6.42 Å². The molecule has 0 aliphatic carbocycles. The van der Waals surface area contributed by atoms with Crippen LogP contribution >= 0.6 is 0 Å². The van der Waals surface area contributed by atoms with Crippen molar-refractivity contribution in [3.8, 4) is 5.75 Å². The molecule has 1 aromatic rings. The summed E-state index contributed by atoms with van der Waals surface area (Å²) in [6, 6.07) is 7.51. The fourth-order valence-electron chi connectivity index (χ4n) is 1.22. The van der Waals surface area contributed by atoms with E-state index in [1.807, 2.05) is 31.3 Å². The van der Waals surface area contributed by atoms with Crippen LogP contribution in [-0.2, 0) is 0 Å². The van der Waals surface area contributed by atoms with Gasteiger partial charge in [0, 0.05) is 24.9 Å². The summed E-state index contributed by atoms with van der Waals surface area (Å²) in [5, 5.41) is 10.5. The highest BCUT2D eigenvalue weighted by molar-refractivity contribution is 5.95. The van der Waals surface area contributed by atoms with E-state index in [1.54, 1.807) is 13.3 Å². The Hall–Kier alpha value is -1.68. The summed E-state index contributed by atoms with van der Waals surface area (Å²) in [5.74, 6) is 0.821. The minimum Gasteiger partial charge on any atom is -0.497 e. The van der Waals surface area contributed by atoms with E-state index < -0.39 is 0 Å². The number of nitrogens with one attached hydrogen (secondary N) is 2. The van der Waals surface area contributed by atoms with Crippen molar-refractivity contribution in [1.29, 1.82) is 5.41 Å². The van der Waals surface area contributed by atoms with E-state index in [9.17, 15) is 0 Å². The van der Waals surface area contributed by atoms with Gasteiger partial charge in [-0.1, -0.05) is 0 Å². The Morgan fingerprint density at radius 3 is 2.69 bits per heavy atom. The molecule has 0 amide bonds. The Bertz CT molecular complexity index is 357. The van der Waals surface area contributed by atoms with Crippen LogP contribution in [0, 0.1) is 5.41 Å². The maximum absolute atomic E-state index is 7.54. The Morgan fingerprint density at radius 2 is 2.12 bits per heavy atom. The number of nitrogens with zero attached hydrogens (tertiary/aromatic N) is 1. The molecule has 0 spiro atoms. The van der Waals surface area contributed by atoms with E-state index in [0.29, 0.717) is 18.7 Å². The van der Waals surface area contributed by atoms with Crippen molar-refractivity contribution >= 4 is 17.6 Å². The molecule has 0 saturated heterocycles. The molecule has 0 aromatic heterocycles. The SMILES string of the molecule is CNCC(=N)CC=Nc1ccc(OC)cc1. The Morgan fingerprint density at radius 1 is 1.44 bits per heavy atom. The van der Waals surface area contributed by atoms with Gasteiger partial charge in [0.25, 0.3) is 0 Å². The Labute approximate surface area is 95.9 Å². The molecule has 86 valence electrons. The lowest BCUT2D eigenvalue weighted by Gasteiger charge is -1.99. The third kappa shape index (κ3) is 4.23. The van der Waals surface area contributed by atoms with E-state index in [4.69, 9.17) is 10.1 Å². The van der Waals surface area contributed by atoms with Crippen LogP contribution in [0.25, 0.3) is 0 Å². The Balaban J connectivity index is 2.46. The van der Waals surface area contributed by atoms with Gasteiger partial charge in [-0.2, -0.15) is 0 Å². The topological polar surface area (TPSA) is 57.5 Å². The second kappa shape index (κ2) is 6.74. The quantitative estimate of drug-likeness (QED) is 0.719. The summed E-state index contributed by atoms with van der Waals surface area (Å²) >= 11 is 0.